The van der Waals surface area contributed by atoms with Crippen LogP contribution in [0.1, 0.15) is 55.1 Å². The van der Waals surface area contributed by atoms with Crippen LogP contribution in [0, 0.1) is 0 Å². The van der Waals surface area contributed by atoms with Crippen molar-refractivity contribution in [3.8, 4) is 17.0 Å². The summed E-state index contributed by atoms with van der Waals surface area (Å²) in [4.78, 5) is 16.7. The van der Waals surface area contributed by atoms with Gasteiger partial charge in [-0.1, -0.05) is 18.0 Å². The topological polar surface area (TPSA) is 53.4 Å². The zero-order valence-electron chi connectivity index (χ0n) is 14.5. The second kappa shape index (κ2) is 6.06. The molecule has 0 unspecified atom stereocenters. The van der Waals surface area contributed by atoms with Crippen LogP contribution >= 0.6 is 11.6 Å². The molecule has 1 aliphatic heterocycles. The molecule has 0 bridgehead atoms. The Morgan fingerprint density at radius 1 is 1.40 bits per heavy atom. The Bertz CT molecular complexity index is 837. The summed E-state index contributed by atoms with van der Waals surface area (Å²) in [5, 5.41) is 0.466. The van der Waals surface area contributed by atoms with Gasteiger partial charge in [0.15, 0.2) is 0 Å². The van der Waals surface area contributed by atoms with E-state index in [4.69, 9.17) is 21.1 Å². The van der Waals surface area contributed by atoms with Gasteiger partial charge in [0.05, 0.1) is 24.0 Å². The van der Waals surface area contributed by atoms with Gasteiger partial charge in [0.1, 0.15) is 17.0 Å². The van der Waals surface area contributed by atoms with Gasteiger partial charge >= 0.3 is 5.97 Å². The predicted octanol–water partition coefficient (Wildman–Crippen LogP) is 4.56. The predicted molar refractivity (Wildman–Crippen MR) is 95.1 cm³/mol. The molecule has 1 spiro atoms. The first-order valence-electron chi connectivity index (χ1n) is 8.77. The minimum atomic E-state index is -0.482. The number of hydrogen-bond acceptors (Lipinski definition) is 4. The lowest BCUT2D eigenvalue weighted by Gasteiger charge is -2.41. The van der Waals surface area contributed by atoms with Gasteiger partial charge in [0, 0.05) is 23.9 Å². The van der Waals surface area contributed by atoms with Gasteiger partial charge in [-0.2, -0.15) is 0 Å². The molecule has 6 heteroatoms. The Labute approximate surface area is 151 Å². The maximum absolute atomic E-state index is 12.4. The van der Waals surface area contributed by atoms with Gasteiger partial charge in [-0.05, 0) is 38.7 Å². The van der Waals surface area contributed by atoms with E-state index in [1.54, 1.807) is 12.4 Å². The molecular formula is C19H21ClN2O3. The van der Waals surface area contributed by atoms with Crippen molar-refractivity contribution in [2.45, 2.75) is 51.2 Å². The summed E-state index contributed by atoms with van der Waals surface area (Å²) in [5.74, 6) is 0.347. The summed E-state index contributed by atoms with van der Waals surface area (Å²) in [6, 6.07) is 1.92. The van der Waals surface area contributed by atoms with Crippen LogP contribution in [0.5, 0.6) is 5.75 Å². The van der Waals surface area contributed by atoms with Crippen LogP contribution in [-0.2, 0) is 16.9 Å². The molecule has 0 saturated heterocycles. The van der Waals surface area contributed by atoms with Crippen molar-refractivity contribution in [3.05, 3.63) is 34.7 Å². The van der Waals surface area contributed by atoms with Crippen molar-refractivity contribution in [1.29, 1.82) is 0 Å². The maximum Gasteiger partial charge on any atom is 0.356 e. The fourth-order valence-electron chi connectivity index (χ4n) is 4.29. The Balaban J connectivity index is 2.06. The fraction of sp³-hybridized carbons (Fsp3) is 0.474. The van der Waals surface area contributed by atoms with Crippen molar-refractivity contribution in [3.63, 3.8) is 0 Å². The number of fused-ring (bicyclic) bond motifs is 4. The van der Waals surface area contributed by atoms with E-state index in [1.165, 1.54) is 13.5 Å². The minimum absolute atomic E-state index is 0.412. The van der Waals surface area contributed by atoms with Crippen molar-refractivity contribution in [2.24, 2.45) is 0 Å². The first kappa shape index (κ1) is 16.5. The summed E-state index contributed by atoms with van der Waals surface area (Å²) >= 11 is 6.77. The monoisotopic (exact) mass is 360 g/mol. The fourth-order valence-corrected chi connectivity index (χ4v) is 4.73. The number of carbonyl (C=O) groups is 1. The molecule has 1 aliphatic carbocycles. The first-order valence-corrected chi connectivity index (χ1v) is 9.15. The molecule has 5 nitrogen and oxygen atoms in total. The lowest BCUT2D eigenvalue weighted by Crippen LogP contribution is -2.38. The van der Waals surface area contributed by atoms with E-state index in [1.807, 2.05) is 17.6 Å². The van der Waals surface area contributed by atoms with Crippen LogP contribution in [-0.4, -0.2) is 22.6 Å². The van der Waals surface area contributed by atoms with Crippen molar-refractivity contribution in [1.82, 2.24) is 9.55 Å². The lowest BCUT2D eigenvalue weighted by atomic mass is 9.77. The number of pyridine rings is 1. The number of hydrogen-bond donors (Lipinski definition) is 0. The van der Waals surface area contributed by atoms with Crippen molar-refractivity contribution < 1.29 is 14.3 Å². The number of rotatable bonds is 2. The summed E-state index contributed by atoms with van der Waals surface area (Å²) in [6.07, 6.45) is 8.63. The molecule has 1 fully saturated rings. The van der Waals surface area contributed by atoms with Gasteiger partial charge in [0.2, 0.25) is 0 Å². The molecule has 132 valence electrons. The molecule has 2 aromatic rings. The highest BCUT2D eigenvalue weighted by atomic mass is 35.5. The summed E-state index contributed by atoms with van der Waals surface area (Å²) in [6.45, 7) is 2.63. The average Bonchev–Trinajstić information content (AvgIpc) is 2.95. The van der Waals surface area contributed by atoms with Crippen LogP contribution in [0.3, 0.4) is 0 Å². The number of methoxy groups -OCH3 is 1. The smallest absolute Gasteiger partial charge is 0.356 e. The quantitative estimate of drug-likeness (QED) is 0.736. The summed E-state index contributed by atoms with van der Waals surface area (Å²) < 4.78 is 13.4. The summed E-state index contributed by atoms with van der Waals surface area (Å²) in [5.41, 5.74) is 2.77. The normalized spacial score (nSPS) is 17.6. The van der Waals surface area contributed by atoms with E-state index in [-0.39, 0.29) is 0 Å². The molecule has 1 saturated carbocycles. The maximum atomic E-state index is 12.4. The Kier molecular flexibility index (Phi) is 3.99. The highest BCUT2D eigenvalue weighted by Crippen LogP contribution is 2.54. The van der Waals surface area contributed by atoms with Gasteiger partial charge < -0.3 is 14.0 Å². The summed E-state index contributed by atoms with van der Waals surface area (Å²) in [7, 11) is 1.38. The second-order valence-corrected chi connectivity index (χ2v) is 7.03. The van der Waals surface area contributed by atoms with E-state index >= 15 is 0 Å². The van der Waals surface area contributed by atoms with Gasteiger partial charge in [-0.15, -0.1) is 0 Å². The first-order chi connectivity index (χ1) is 12.1. The third-order valence-electron chi connectivity index (χ3n) is 5.36. The Morgan fingerprint density at radius 2 is 2.16 bits per heavy atom. The Morgan fingerprint density at radius 3 is 2.84 bits per heavy atom. The molecule has 0 amide bonds. The van der Waals surface area contributed by atoms with Crippen LogP contribution < -0.4 is 4.74 Å². The number of carbonyl (C=O) groups excluding carboxylic acids is 1. The van der Waals surface area contributed by atoms with Crippen LogP contribution in [0.2, 0.25) is 5.02 Å². The van der Waals surface area contributed by atoms with E-state index in [0.29, 0.717) is 17.3 Å². The molecule has 0 atom stereocenters. The molecule has 0 aromatic carbocycles. The Hall–Kier alpha value is -2.01. The van der Waals surface area contributed by atoms with E-state index in [9.17, 15) is 4.79 Å². The number of esters is 1. The minimum Gasteiger partial charge on any atom is -0.480 e. The second-order valence-electron chi connectivity index (χ2n) is 6.65. The zero-order valence-corrected chi connectivity index (χ0v) is 15.2. The standard InChI is InChI=1S/C19H21ClN2O3/c1-3-22-16-12-7-10-21-11-13(12)25-19(8-5-4-6-9-19)14(16)15(20)17(22)18(23)24-2/h7,10-11H,3-6,8-9H2,1-2H3. The molecule has 0 N–H and O–H groups in total. The molecule has 0 radical (unpaired) electrons. The highest BCUT2D eigenvalue weighted by Gasteiger charge is 2.47. The number of nitrogens with zero attached hydrogens (tertiary/aromatic N) is 2. The number of aromatic nitrogens is 2. The third-order valence-corrected chi connectivity index (χ3v) is 5.73. The molecule has 2 aliphatic rings. The van der Waals surface area contributed by atoms with Gasteiger partial charge in [-0.3, -0.25) is 4.98 Å². The lowest BCUT2D eigenvalue weighted by molar-refractivity contribution is 0.0236. The molecule has 3 heterocycles. The molecule has 25 heavy (non-hydrogen) atoms. The molecule has 4 rings (SSSR count). The van der Waals surface area contributed by atoms with Crippen LogP contribution in [0.4, 0.5) is 0 Å². The SMILES string of the molecule is CCn1c(C(=O)OC)c(Cl)c2c1-c1ccncc1OC21CCCCC1. The van der Waals surface area contributed by atoms with E-state index < -0.39 is 11.6 Å². The van der Waals surface area contributed by atoms with Gasteiger partial charge in [-0.25, -0.2) is 4.79 Å². The van der Waals surface area contributed by atoms with Crippen LogP contribution in [0.15, 0.2) is 18.5 Å². The van der Waals surface area contributed by atoms with Crippen molar-refractivity contribution in [2.75, 3.05) is 7.11 Å². The molecule has 2 aromatic heterocycles. The number of ether oxygens (including phenoxy) is 2. The van der Waals surface area contributed by atoms with E-state index in [0.717, 1.165) is 48.3 Å². The van der Waals surface area contributed by atoms with E-state index in [2.05, 4.69) is 4.98 Å². The van der Waals surface area contributed by atoms with Crippen molar-refractivity contribution >= 4 is 17.6 Å². The third kappa shape index (κ3) is 2.29. The van der Waals surface area contributed by atoms with Gasteiger partial charge in [0.25, 0.3) is 0 Å². The number of halogens is 1. The highest BCUT2D eigenvalue weighted by molar-refractivity contribution is 6.35. The van der Waals surface area contributed by atoms with Crippen LogP contribution in [0.25, 0.3) is 11.3 Å². The molecular weight excluding hydrogens is 340 g/mol. The average molecular weight is 361 g/mol. The zero-order chi connectivity index (χ0) is 17.6. The largest absolute Gasteiger partial charge is 0.480 e.